The SMILES string of the molecule is CC1COCCN1S(=O)(=O)C1CCNC1. The maximum atomic E-state index is 12.2. The molecule has 2 atom stereocenters. The Labute approximate surface area is 90.8 Å². The zero-order chi connectivity index (χ0) is 10.9. The van der Waals surface area contributed by atoms with Crippen molar-refractivity contribution in [3.05, 3.63) is 0 Å². The maximum absolute atomic E-state index is 12.2. The van der Waals surface area contributed by atoms with Crippen LogP contribution in [0.4, 0.5) is 0 Å². The smallest absolute Gasteiger partial charge is 0.218 e. The normalized spacial score (nSPS) is 34.5. The fourth-order valence-corrected chi connectivity index (χ4v) is 4.18. The summed E-state index contributed by atoms with van der Waals surface area (Å²) in [6.07, 6.45) is 0.729. The first-order valence-electron chi connectivity index (χ1n) is 5.41. The Morgan fingerprint density at radius 1 is 1.47 bits per heavy atom. The van der Waals surface area contributed by atoms with Gasteiger partial charge in [-0.2, -0.15) is 4.31 Å². The van der Waals surface area contributed by atoms with Crippen molar-refractivity contribution in [1.29, 1.82) is 0 Å². The lowest BCUT2D eigenvalue weighted by Gasteiger charge is -2.34. The van der Waals surface area contributed by atoms with Crippen molar-refractivity contribution in [2.75, 3.05) is 32.8 Å². The summed E-state index contributed by atoms with van der Waals surface area (Å²) in [7, 11) is -3.12. The number of hydrogen-bond acceptors (Lipinski definition) is 4. The minimum Gasteiger partial charge on any atom is -0.378 e. The fraction of sp³-hybridized carbons (Fsp3) is 1.00. The fourth-order valence-electron chi connectivity index (χ4n) is 2.16. The highest BCUT2D eigenvalue weighted by atomic mass is 32.2. The molecule has 0 saturated carbocycles. The number of sulfonamides is 1. The molecule has 2 unspecified atom stereocenters. The van der Waals surface area contributed by atoms with Crippen molar-refractivity contribution in [2.45, 2.75) is 24.6 Å². The average Bonchev–Trinajstić information content (AvgIpc) is 2.71. The molecule has 2 heterocycles. The van der Waals surface area contributed by atoms with Crippen molar-refractivity contribution in [3.8, 4) is 0 Å². The lowest BCUT2D eigenvalue weighted by molar-refractivity contribution is 0.0389. The van der Waals surface area contributed by atoms with Gasteiger partial charge in [0, 0.05) is 19.1 Å². The predicted molar refractivity (Wildman–Crippen MR) is 57.2 cm³/mol. The summed E-state index contributed by atoms with van der Waals surface area (Å²) in [6.45, 7) is 4.83. The van der Waals surface area contributed by atoms with E-state index in [1.54, 1.807) is 4.31 Å². The van der Waals surface area contributed by atoms with Gasteiger partial charge in [0.05, 0.1) is 18.5 Å². The Hall–Kier alpha value is -0.170. The van der Waals surface area contributed by atoms with Gasteiger partial charge in [0.2, 0.25) is 10.0 Å². The molecule has 2 rings (SSSR count). The molecular formula is C9H18N2O3S. The first kappa shape index (κ1) is 11.3. The number of hydrogen-bond donors (Lipinski definition) is 1. The highest BCUT2D eigenvalue weighted by Crippen LogP contribution is 2.19. The van der Waals surface area contributed by atoms with Crippen LogP contribution in [-0.2, 0) is 14.8 Å². The Balaban J connectivity index is 2.12. The molecule has 2 aliphatic rings. The van der Waals surface area contributed by atoms with Crippen LogP contribution in [0.25, 0.3) is 0 Å². The quantitative estimate of drug-likeness (QED) is 0.693. The van der Waals surface area contributed by atoms with Gasteiger partial charge in [0.1, 0.15) is 0 Å². The van der Waals surface area contributed by atoms with Crippen molar-refractivity contribution in [2.24, 2.45) is 0 Å². The zero-order valence-electron chi connectivity index (χ0n) is 8.98. The van der Waals surface area contributed by atoms with Crippen molar-refractivity contribution in [3.63, 3.8) is 0 Å². The standard InChI is InChI=1S/C9H18N2O3S/c1-8-7-14-5-4-11(8)15(12,13)9-2-3-10-6-9/h8-10H,2-7H2,1H3. The van der Waals surface area contributed by atoms with Crippen LogP contribution in [0.3, 0.4) is 0 Å². The third-order valence-electron chi connectivity index (χ3n) is 3.07. The van der Waals surface area contributed by atoms with E-state index in [0.717, 1.165) is 13.0 Å². The monoisotopic (exact) mass is 234 g/mol. The van der Waals surface area contributed by atoms with E-state index in [4.69, 9.17) is 4.74 Å². The minimum atomic E-state index is -3.12. The van der Waals surface area contributed by atoms with E-state index < -0.39 is 10.0 Å². The van der Waals surface area contributed by atoms with Gasteiger partial charge in [-0.1, -0.05) is 0 Å². The third kappa shape index (κ3) is 2.18. The molecule has 0 aromatic heterocycles. The molecule has 1 N–H and O–H groups in total. The van der Waals surface area contributed by atoms with Gasteiger partial charge >= 0.3 is 0 Å². The summed E-state index contributed by atoms with van der Waals surface area (Å²) < 4.78 is 31.3. The Morgan fingerprint density at radius 3 is 2.87 bits per heavy atom. The van der Waals surface area contributed by atoms with Crippen LogP contribution in [-0.4, -0.2) is 56.9 Å². The van der Waals surface area contributed by atoms with Gasteiger partial charge in [-0.15, -0.1) is 0 Å². The lowest BCUT2D eigenvalue weighted by Crippen LogP contribution is -2.50. The summed E-state index contributed by atoms with van der Waals surface area (Å²) in [5.74, 6) is 0. The minimum absolute atomic E-state index is 0.0238. The van der Waals surface area contributed by atoms with Crippen molar-refractivity contribution in [1.82, 2.24) is 9.62 Å². The molecule has 6 heteroatoms. The van der Waals surface area contributed by atoms with Gasteiger partial charge in [-0.05, 0) is 19.9 Å². The van der Waals surface area contributed by atoms with Crippen LogP contribution >= 0.6 is 0 Å². The second-order valence-electron chi connectivity index (χ2n) is 4.19. The van der Waals surface area contributed by atoms with E-state index in [-0.39, 0.29) is 11.3 Å². The molecule has 0 radical (unpaired) electrons. The average molecular weight is 234 g/mol. The molecule has 0 amide bonds. The maximum Gasteiger partial charge on any atom is 0.218 e. The molecule has 2 saturated heterocycles. The van der Waals surface area contributed by atoms with Gasteiger partial charge in [0.25, 0.3) is 0 Å². The summed E-state index contributed by atoms with van der Waals surface area (Å²) in [5, 5.41) is 2.86. The molecule has 0 spiro atoms. The van der Waals surface area contributed by atoms with Crippen LogP contribution in [0.2, 0.25) is 0 Å². The number of nitrogens with zero attached hydrogens (tertiary/aromatic N) is 1. The number of morpholine rings is 1. The van der Waals surface area contributed by atoms with Gasteiger partial charge in [-0.25, -0.2) is 8.42 Å². The highest BCUT2D eigenvalue weighted by molar-refractivity contribution is 7.89. The van der Waals surface area contributed by atoms with Crippen LogP contribution in [0.15, 0.2) is 0 Å². The second-order valence-corrected chi connectivity index (χ2v) is 6.36. The molecular weight excluding hydrogens is 216 g/mol. The molecule has 0 bridgehead atoms. The molecule has 15 heavy (non-hydrogen) atoms. The van der Waals surface area contributed by atoms with Gasteiger partial charge in [-0.3, -0.25) is 0 Å². The molecule has 0 aromatic rings. The Bertz CT molecular complexity index is 311. The van der Waals surface area contributed by atoms with Crippen LogP contribution < -0.4 is 5.32 Å². The van der Waals surface area contributed by atoms with Crippen molar-refractivity contribution >= 4 is 10.0 Å². The van der Waals surface area contributed by atoms with Crippen LogP contribution in [0.1, 0.15) is 13.3 Å². The third-order valence-corrected chi connectivity index (χ3v) is 5.51. The van der Waals surface area contributed by atoms with Crippen molar-refractivity contribution < 1.29 is 13.2 Å². The van der Waals surface area contributed by atoms with Gasteiger partial charge < -0.3 is 10.1 Å². The molecule has 0 aliphatic carbocycles. The predicted octanol–water partition coefficient (Wildman–Crippen LogP) is -0.601. The Morgan fingerprint density at radius 2 is 2.27 bits per heavy atom. The van der Waals surface area contributed by atoms with E-state index in [1.807, 2.05) is 6.92 Å². The van der Waals surface area contributed by atoms with E-state index in [2.05, 4.69) is 5.32 Å². The second kappa shape index (κ2) is 4.37. The Kier molecular flexibility index (Phi) is 3.30. The van der Waals surface area contributed by atoms with E-state index >= 15 is 0 Å². The number of rotatable bonds is 2. The topological polar surface area (TPSA) is 58.6 Å². The molecule has 2 aliphatic heterocycles. The number of nitrogens with one attached hydrogen (secondary N) is 1. The first-order valence-corrected chi connectivity index (χ1v) is 6.92. The zero-order valence-corrected chi connectivity index (χ0v) is 9.79. The molecule has 2 fully saturated rings. The number of ether oxygens (including phenoxy) is 1. The molecule has 5 nitrogen and oxygen atoms in total. The summed E-state index contributed by atoms with van der Waals surface area (Å²) in [4.78, 5) is 0. The van der Waals surface area contributed by atoms with E-state index in [9.17, 15) is 8.42 Å². The first-order chi connectivity index (χ1) is 7.12. The van der Waals surface area contributed by atoms with E-state index in [1.165, 1.54) is 0 Å². The van der Waals surface area contributed by atoms with Gasteiger partial charge in [0.15, 0.2) is 0 Å². The van der Waals surface area contributed by atoms with Crippen LogP contribution in [0.5, 0.6) is 0 Å². The van der Waals surface area contributed by atoms with E-state index in [0.29, 0.717) is 26.3 Å². The highest BCUT2D eigenvalue weighted by Gasteiger charge is 2.37. The largest absolute Gasteiger partial charge is 0.378 e. The molecule has 0 aromatic carbocycles. The molecule has 88 valence electrons. The summed E-state index contributed by atoms with van der Waals surface area (Å²) in [5.41, 5.74) is 0. The van der Waals surface area contributed by atoms with Crippen LogP contribution in [0, 0.1) is 0 Å². The summed E-state index contributed by atoms with van der Waals surface area (Å²) in [6, 6.07) is -0.0238. The lowest BCUT2D eigenvalue weighted by atomic mass is 10.3. The summed E-state index contributed by atoms with van der Waals surface area (Å²) >= 11 is 0.